The standard InChI is InChI=1S/C10H8O2S/c11-10-3-1-2-7-4-5-8(13-12)6-9(7)10/h1-6,11-12H. The molecule has 0 aromatic heterocycles. The van der Waals surface area contributed by atoms with Gasteiger partial charge in [-0.15, -0.1) is 0 Å². The summed E-state index contributed by atoms with van der Waals surface area (Å²) >= 11 is 0.681. The fourth-order valence-corrected chi connectivity index (χ4v) is 1.59. The number of benzene rings is 2. The first-order valence-electron chi connectivity index (χ1n) is 3.84. The van der Waals surface area contributed by atoms with E-state index in [1.54, 1.807) is 18.2 Å². The first-order valence-corrected chi connectivity index (χ1v) is 4.62. The van der Waals surface area contributed by atoms with Gasteiger partial charge in [-0.25, -0.2) is 0 Å². The average molecular weight is 192 g/mol. The number of aromatic hydroxyl groups is 1. The molecule has 66 valence electrons. The van der Waals surface area contributed by atoms with Crippen LogP contribution in [-0.4, -0.2) is 9.66 Å². The normalized spacial score (nSPS) is 10.5. The molecule has 2 N–H and O–H groups in total. The molecule has 2 aromatic rings. The summed E-state index contributed by atoms with van der Waals surface area (Å²) < 4.78 is 8.82. The van der Waals surface area contributed by atoms with Crippen molar-refractivity contribution in [3.05, 3.63) is 36.4 Å². The summed E-state index contributed by atoms with van der Waals surface area (Å²) in [6, 6.07) is 10.8. The Balaban J connectivity index is 2.74. The predicted octanol–water partition coefficient (Wildman–Crippen LogP) is 3.11. The molecule has 0 saturated carbocycles. The van der Waals surface area contributed by atoms with Crippen LogP contribution < -0.4 is 0 Å². The first kappa shape index (κ1) is 8.41. The lowest BCUT2D eigenvalue weighted by Crippen LogP contribution is -1.75. The number of hydrogen-bond donors (Lipinski definition) is 2. The molecular weight excluding hydrogens is 184 g/mol. The molecule has 2 aromatic carbocycles. The maximum absolute atomic E-state index is 9.50. The van der Waals surface area contributed by atoms with Crippen LogP contribution in [0.25, 0.3) is 10.8 Å². The van der Waals surface area contributed by atoms with Crippen molar-refractivity contribution in [2.24, 2.45) is 0 Å². The summed E-state index contributed by atoms with van der Waals surface area (Å²) in [5.74, 6) is 0.244. The van der Waals surface area contributed by atoms with E-state index in [1.165, 1.54) is 0 Å². The molecule has 3 heteroatoms. The second-order valence-corrected chi connectivity index (χ2v) is 3.41. The van der Waals surface area contributed by atoms with Gasteiger partial charge in [0, 0.05) is 22.3 Å². The van der Waals surface area contributed by atoms with Crippen LogP contribution in [0.1, 0.15) is 0 Å². The Labute approximate surface area is 80.0 Å². The Kier molecular flexibility index (Phi) is 2.12. The van der Waals surface area contributed by atoms with E-state index in [9.17, 15) is 5.11 Å². The zero-order valence-corrected chi connectivity index (χ0v) is 7.58. The van der Waals surface area contributed by atoms with E-state index in [2.05, 4.69) is 0 Å². The quantitative estimate of drug-likeness (QED) is 0.682. The van der Waals surface area contributed by atoms with Crippen molar-refractivity contribution in [1.29, 1.82) is 0 Å². The minimum atomic E-state index is 0.244. The summed E-state index contributed by atoms with van der Waals surface area (Å²) in [4.78, 5) is 0.731. The summed E-state index contributed by atoms with van der Waals surface area (Å²) in [5, 5.41) is 11.2. The molecule has 0 aliphatic rings. The first-order chi connectivity index (χ1) is 6.31. The van der Waals surface area contributed by atoms with Crippen molar-refractivity contribution in [2.75, 3.05) is 0 Å². The topological polar surface area (TPSA) is 40.5 Å². The van der Waals surface area contributed by atoms with Gasteiger partial charge in [-0.05, 0) is 23.6 Å². The lowest BCUT2D eigenvalue weighted by Gasteiger charge is -2.01. The van der Waals surface area contributed by atoms with Gasteiger partial charge >= 0.3 is 0 Å². The summed E-state index contributed by atoms with van der Waals surface area (Å²) in [5.41, 5.74) is 0. The van der Waals surface area contributed by atoms with Crippen LogP contribution in [0.4, 0.5) is 0 Å². The van der Waals surface area contributed by atoms with Gasteiger partial charge in [0.25, 0.3) is 0 Å². The number of phenolic OH excluding ortho intramolecular Hbond substituents is 1. The van der Waals surface area contributed by atoms with E-state index in [4.69, 9.17) is 4.55 Å². The number of phenols is 1. The van der Waals surface area contributed by atoms with Gasteiger partial charge in [-0.3, -0.25) is 0 Å². The Morgan fingerprint density at radius 2 is 1.92 bits per heavy atom. The molecule has 0 amide bonds. The summed E-state index contributed by atoms with van der Waals surface area (Å²) in [6.45, 7) is 0. The lowest BCUT2D eigenvalue weighted by atomic mass is 10.1. The van der Waals surface area contributed by atoms with Crippen LogP contribution in [0.5, 0.6) is 5.75 Å². The molecule has 0 spiro atoms. The molecule has 0 saturated heterocycles. The van der Waals surface area contributed by atoms with Gasteiger partial charge in [0.15, 0.2) is 0 Å². The van der Waals surface area contributed by atoms with Crippen molar-refractivity contribution < 1.29 is 9.66 Å². The zero-order valence-electron chi connectivity index (χ0n) is 6.77. The van der Waals surface area contributed by atoms with Crippen molar-refractivity contribution >= 4 is 22.8 Å². The molecular formula is C10H8O2S. The molecule has 2 rings (SSSR count). The lowest BCUT2D eigenvalue weighted by molar-refractivity contribution is 0.481. The van der Waals surface area contributed by atoms with Gasteiger partial charge in [-0.1, -0.05) is 18.2 Å². The van der Waals surface area contributed by atoms with E-state index in [-0.39, 0.29) is 5.75 Å². The molecule has 0 aliphatic heterocycles. The van der Waals surface area contributed by atoms with Crippen molar-refractivity contribution in [3.8, 4) is 5.75 Å². The third-order valence-corrected chi connectivity index (χ3v) is 2.40. The SMILES string of the molecule is OSc1ccc2cccc(O)c2c1. The van der Waals surface area contributed by atoms with Crippen LogP contribution in [0, 0.1) is 0 Å². The average Bonchev–Trinajstić information content (AvgIpc) is 2.18. The number of hydrogen-bond acceptors (Lipinski definition) is 3. The largest absolute Gasteiger partial charge is 0.507 e. The smallest absolute Gasteiger partial charge is 0.123 e. The zero-order chi connectivity index (χ0) is 9.26. The molecule has 0 unspecified atom stereocenters. The van der Waals surface area contributed by atoms with Crippen LogP contribution >= 0.6 is 12.0 Å². The minimum absolute atomic E-state index is 0.244. The summed E-state index contributed by atoms with van der Waals surface area (Å²) in [7, 11) is 0. The second kappa shape index (κ2) is 3.28. The van der Waals surface area contributed by atoms with Crippen LogP contribution in [0.2, 0.25) is 0 Å². The van der Waals surface area contributed by atoms with Gasteiger partial charge in [-0.2, -0.15) is 0 Å². The Morgan fingerprint density at radius 1 is 1.08 bits per heavy atom. The highest BCUT2D eigenvalue weighted by Crippen LogP contribution is 2.27. The van der Waals surface area contributed by atoms with Crippen LogP contribution in [0.3, 0.4) is 0 Å². The van der Waals surface area contributed by atoms with Gasteiger partial charge in [0.05, 0.1) is 0 Å². The van der Waals surface area contributed by atoms with E-state index in [1.807, 2.05) is 18.2 Å². The third-order valence-electron chi connectivity index (χ3n) is 1.94. The highest BCUT2D eigenvalue weighted by Gasteiger charge is 1.99. The number of fused-ring (bicyclic) bond motifs is 1. The number of rotatable bonds is 1. The van der Waals surface area contributed by atoms with E-state index in [0.717, 1.165) is 15.7 Å². The van der Waals surface area contributed by atoms with Crippen molar-refractivity contribution in [1.82, 2.24) is 0 Å². The highest BCUT2D eigenvalue weighted by molar-refractivity contribution is 7.93. The van der Waals surface area contributed by atoms with Gasteiger partial charge in [0.1, 0.15) is 5.75 Å². The molecule has 0 aliphatic carbocycles. The minimum Gasteiger partial charge on any atom is -0.507 e. The van der Waals surface area contributed by atoms with Crippen molar-refractivity contribution in [2.45, 2.75) is 4.90 Å². The molecule has 13 heavy (non-hydrogen) atoms. The third kappa shape index (κ3) is 1.48. The highest BCUT2D eigenvalue weighted by atomic mass is 32.2. The van der Waals surface area contributed by atoms with E-state index in [0.29, 0.717) is 12.0 Å². The molecule has 0 bridgehead atoms. The molecule has 0 fully saturated rings. The van der Waals surface area contributed by atoms with Crippen LogP contribution in [0.15, 0.2) is 41.3 Å². The molecule has 2 nitrogen and oxygen atoms in total. The maximum atomic E-state index is 9.50. The van der Waals surface area contributed by atoms with Gasteiger partial charge < -0.3 is 9.66 Å². The van der Waals surface area contributed by atoms with Crippen LogP contribution in [-0.2, 0) is 0 Å². The molecule has 0 radical (unpaired) electrons. The monoisotopic (exact) mass is 192 g/mol. The maximum Gasteiger partial charge on any atom is 0.123 e. The summed E-state index contributed by atoms with van der Waals surface area (Å²) in [6.07, 6.45) is 0. The Hall–Kier alpha value is -1.19. The Morgan fingerprint density at radius 3 is 2.69 bits per heavy atom. The van der Waals surface area contributed by atoms with E-state index >= 15 is 0 Å². The molecule has 0 heterocycles. The molecule has 0 atom stereocenters. The Bertz CT molecular complexity index is 440. The van der Waals surface area contributed by atoms with Gasteiger partial charge in [0.2, 0.25) is 0 Å². The fraction of sp³-hybridized carbons (Fsp3) is 0. The second-order valence-electron chi connectivity index (χ2n) is 2.75. The van der Waals surface area contributed by atoms with E-state index < -0.39 is 0 Å². The predicted molar refractivity (Wildman–Crippen MR) is 54.1 cm³/mol. The van der Waals surface area contributed by atoms with Crippen molar-refractivity contribution in [3.63, 3.8) is 0 Å². The fourth-order valence-electron chi connectivity index (χ4n) is 1.29.